The summed E-state index contributed by atoms with van der Waals surface area (Å²) < 4.78 is 1.00. The van der Waals surface area contributed by atoms with Crippen LogP contribution in [0, 0.1) is 20.8 Å². The second-order valence-corrected chi connectivity index (χ2v) is 11.8. The van der Waals surface area contributed by atoms with E-state index in [1.165, 1.54) is 49.3 Å². The molecule has 0 bridgehead atoms. The Morgan fingerprint density at radius 2 is 0.784 bits per heavy atom. The zero-order valence-corrected chi connectivity index (χ0v) is 23.5. The van der Waals surface area contributed by atoms with Gasteiger partial charge >= 0.3 is 0 Å². The third-order valence-electron chi connectivity index (χ3n) is 7.02. The number of hydrogen-bond acceptors (Lipinski definition) is 0. The molecule has 0 heterocycles. The average molecular weight is 486 g/mol. The van der Waals surface area contributed by atoms with Crippen LogP contribution in [0.4, 0.5) is 0 Å². The van der Waals surface area contributed by atoms with E-state index in [4.69, 9.17) is 0 Å². The predicted octanol–water partition coefficient (Wildman–Crippen LogP) is 5.46. The van der Waals surface area contributed by atoms with E-state index in [1.807, 2.05) is 0 Å². The van der Waals surface area contributed by atoms with Crippen molar-refractivity contribution in [3.63, 3.8) is 0 Å². The Morgan fingerprint density at radius 3 is 1.19 bits per heavy atom. The van der Waals surface area contributed by atoms with E-state index in [2.05, 4.69) is 164 Å². The average Bonchev–Trinajstić information content (AvgIpc) is 2.86. The van der Waals surface area contributed by atoms with Gasteiger partial charge in [-0.1, -0.05) is 137 Å². The maximum absolute atomic E-state index is 2.34. The van der Waals surface area contributed by atoms with E-state index in [0.29, 0.717) is 0 Å². The number of fused-ring (bicyclic) bond motifs is 1. The largest absolute Gasteiger partial charge is 0.333 e. The number of quaternary nitrogens is 1. The van der Waals surface area contributed by atoms with Crippen LogP contribution < -0.4 is 21.9 Å². The fourth-order valence-electron chi connectivity index (χ4n) is 5.31. The SMILES string of the molecule is C[N+](C)(C)C.Cc1ccc([B-](c2ccc(C)cc2)(c2ccc(C)cc2)c2cccc3ccccc23)cc1. The van der Waals surface area contributed by atoms with Gasteiger partial charge in [-0.25, -0.2) is 0 Å². The molecular formula is C35H40BN. The van der Waals surface area contributed by atoms with Gasteiger partial charge in [0, 0.05) is 0 Å². The highest BCUT2D eigenvalue weighted by Crippen LogP contribution is 2.18. The van der Waals surface area contributed by atoms with E-state index in [-0.39, 0.29) is 0 Å². The van der Waals surface area contributed by atoms with E-state index in [0.717, 1.165) is 4.48 Å². The van der Waals surface area contributed by atoms with Gasteiger partial charge in [-0.15, -0.1) is 0 Å². The minimum absolute atomic E-state index is 1.00. The van der Waals surface area contributed by atoms with Crippen LogP contribution in [0.2, 0.25) is 0 Å². The van der Waals surface area contributed by atoms with Crippen molar-refractivity contribution in [1.29, 1.82) is 0 Å². The van der Waals surface area contributed by atoms with Crippen molar-refractivity contribution in [2.24, 2.45) is 0 Å². The van der Waals surface area contributed by atoms with Crippen LogP contribution in [0.25, 0.3) is 10.8 Å². The molecule has 1 nitrogen and oxygen atoms in total. The Morgan fingerprint density at radius 1 is 0.432 bits per heavy atom. The zero-order valence-electron chi connectivity index (χ0n) is 23.5. The molecule has 0 aromatic heterocycles. The van der Waals surface area contributed by atoms with Gasteiger partial charge in [-0.05, 0) is 26.2 Å². The second-order valence-electron chi connectivity index (χ2n) is 11.8. The Hall–Kier alpha value is -3.62. The number of nitrogens with zero attached hydrogens (tertiary/aromatic N) is 1. The Bertz CT molecular complexity index is 1340. The van der Waals surface area contributed by atoms with Crippen LogP contribution in [0.1, 0.15) is 16.7 Å². The van der Waals surface area contributed by atoms with Gasteiger partial charge in [-0.2, -0.15) is 21.9 Å². The summed E-state index contributed by atoms with van der Waals surface area (Å²) in [6.45, 7) is 6.48. The van der Waals surface area contributed by atoms with Crippen LogP contribution in [0.5, 0.6) is 0 Å². The molecule has 37 heavy (non-hydrogen) atoms. The summed E-state index contributed by atoms with van der Waals surface area (Å²) in [5.74, 6) is 0. The minimum atomic E-state index is -1.37. The van der Waals surface area contributed by atoms with Crippen molar-refractivity contribution >= 4 is 38.8 Å². The molecule has 0 spiro atoms. The molecule has 0 fully saturated rings. The number of aryl methyl sites for hydroxylation is 3. The fourth-order valence-corrected chi connectivity index (χ4v) is 5.31. The normalized spacial score (nSPS) is 11.6. The summed E-state index contributed by atoms with van der Waals surface area (Å²) in [6.07, 6.45) is -1.37. The molecule has 5 aromatic rings. The number of rotatable bonds is 4. The first-order chi connectivity index (χ1) is 17.6. The first kappa shape index (κ1) is 26.4. The lowest BCUT2D eigenvalue weighted by Crippen LogP contribution is -2.74. The highest BCUT2D eigenvalue weighted by atomic mass is 15.2. The second kappa shape index (κ2) is 10.8. The zero-order chi connectivity index (χ0) is 26.6. The molecule has 0 N–H and O–H groups in total. The van der Waals surface area contributed by atoms with Gasteiger partial charge < -0.3 is 4.48 Å². The van der Waals surface area contributed by atoms with Crippen LogP contribution in [-0.2, 0) is 0 Å². The van der Waals surface area contributed by atoms with Crippen molar-refractivity contribution in [1.82, 2.24) is 0 Å². The summed E-state index contributed by atoms with van der Waals surface area (Å²) in [5.41, 5.74) is 9.26. The lowest BCUT2D eigenvalue weighted by atomic mass is 9.12. The van der Waals surface area contributed by atoms with Gasteiger partial charge in [0.1, 0.15) is 6.15 Å². The molecule has 0 saturated carbocycles. The van der Waals surface area contributed by atoms with Gasteiger partial charge in [0.15, 0.2) is 0 Å². The van der Waals surface area contributed by atoms with Gasteiger partial charge in [-0.3, -0.25) is 0 Å². The van der Waals surface area contributed by atoms with Crippen molar-refractivity contribution in [2.45, 2.75) is 20.8 Å². The Kier molecular flexibility index (Phi) is 7.71. The summed E-state index contributed by atoms with van der Waals surface area (Å²) >= 11 is 0. The van der Waals surface area contributed by atoms with Crippen LogP contribution in [-0.4, -0.2) is 38.8 Å². The summed E-state index contributed by atoms with van der Waals surface area (Å²) in [4.78, 5) is 0. The van der Waals surface area contributed by atoms with Crippen LogP contribution >= 0.6 is 0 Å². The lowest BCUT2D eigenvalue weighted by Gasteiger charge is -2.45. The van der Waals surface area contributed by atoms with E-state index >= 15 is 0 Å². The van der Waals surface area contributed by atoms with Crippen LogP contribution in [0.3, 0.4) is 0 Å². The maximum Gasteiger partial charge on any atom is 0.108 e. The first-order valence-electron chi connectivity index (χ1n) is 13.2. The molecule has 0 saturated heterocycles. The van der Waals surface area contributed by atoms with Gasteiger partial charge in [0.05, 0.1) is 28.2 Å². The molecule has 0 aliphatic rings. The first-order valence-corrected chi connectivity index (χ1v) is 13.2. The Balaban J connectivity index is 0.000000586. The standard InChI is InChI=1S/C31H28B.C4H12N/c1-23-11-17-27(18-12-23)32(28-19-13-24(2)14-20-28,29-21-15-25(3)16-22-29)31-10-6-8-26-7-4-5-9-30(26)31;1-5(2,3)4/h4-22H,1-3H3;1-4H3/q-1;+1. The van der Waals surface area contributed by atoms with Gasteiger partial charge in [0.25, 0.3) is 0 Å². The quantitative estimate of drug-likeness (QED) is 0.234. The molecule has 0 amide bonds. The van der Waals surface area contributed by atoms with E-state index in [1.54, 1.807) is 0 Å². The Labute approximate surface area is 223 Å². The summed E-state index contributed by atoms with van der Waals surface area (Å²) in [5, 5.41) is 2.60. The monoisotopic (exact) mass is 485 g/mol. The summed E-state index contributed by atoms with van der Waals surface area (Å²) in [6, 6.07) is 43.0. The summed E-state index contributed by atoms with van der Waals surface area (Å²) in [7, 11) is 8.50. The molecule has 5 aromatic carbocycles. The molecule has 0 atom stereocenters. The van der Waals surface area contributed by atoms with E-state index in [9.17, 15) is 0 Å². The van der Waals surface area contributed by atoms with Crippen molar-refractivity contribution in [3.05, 3.63) is 132 Å². The number of hydrogen-bond donors (Lipinski definition) is 0. The van der Waals surface area contributed by atoms with Crippen molar-refractivity contribution in [2.75, 3.05) is 28.2 Å². The molecule has 0 radical (unpaired) electrons. The highest BCUT2D eigenvalue weighted by Gasteiger charge is 2.32. The van der Waals surface area contributed by atoms with Crippen LogP contribution in [0.15, 0.2) is 115 Å². The molecule has 0 aliphatic carbocycles. The topological polar surface area (TPSA) is 0 Å². The predicted molar refractivity (Wildman–Crippen MR) is 166 cm³/mol. The third kappa shape index (κ3) is 5.87. The van der Waals surface area contributed by atoms with E-state index < -0.39 is 6.15 Å². The smallest absolute Gasteiger partial charge is 0.108 e. The van der Waals surface area contributed by atoms with Gasteiger partial charge in [0.2, 0.25) is 0 Å². The number of benzene rings is 5. The minimum Gasteiger partial charge on any atom is -0.333 e. The van der Waals surface area contributed by atoms with Crippen molar-refractivity contribution < 1.29 is 4.48 Å². The molecule has 0 aliphatic heterocycles. The third-order valence-corrected chi connectivity index (χ3v) is 7.02. The molecule has 5 rings (SSSR count). The van der Waals surface area contributed by atoms with Crippen molar-refractivity contribution in [3.8, 4) is 0 Å². The highest BCUT2D eigenvalue weighted by molar-refractivity contribution is 7.20. The lowest BCUT2D eigenvalue weighted by molar-refractivity contribution is -0.849. The molecule has 188 valence electrons. The molecule has 0 unspecified atom stereocenters. The molecular weight excluding hydrogens is 445 g/mol. The fraction of sp³-hybridized carbons (Fsp3) is 0.200. The maximum atomic E-state index is 2.34. The molecule has 2 heteroatoms.